The molecular formula is C8H10O3. The number of aliphatic hydroxyl groups excluding tert-OH is 1. The first-order valence-electron chi connectivity index (χ1n) is 4.04. The highest BCUT2D eigenvalue weighted by molar-refractivity contribution is 5.35. The average molecular weight is 154 g/mol. The van der Waals surface area contributed by atoms with Crippen LogP contribution in [0, 0.1) is 0 Å². The third kappa shape index (κ3) is 0.637. The molecule has 0 spiro atoms. The van der Waals surface area contributed by atoms with Crippen molar-refractivity contribution in [1.82, 2.24) is 0 Å². The molecule has 60 valence electrons. The maximum absolute atomic E-state index is 9.36. The van der Waals surface area contributed by atoms with Gasteiger partial charge in [0.15, 0.2) is 6.29 Å². The molecule has 3 unspecified atom stereocenters. The van der Waals surface area contributed by atoms with Crippen LogP contribution in [0.1, 0.15) is 12.8 Å². The minimum atomic E-state index is -0.666. The monoisotopic (exact) mass is 154 g/mol. The van der Waals surface area contributed by atoms with Gasteiger partial charge in [0, 0.05) is 5.57 Å². The summed E-state index contributed by atoms with van der Waals surface area (Å²) in [5, 5.41) is 9.36. The molecule has 3 rings (SSSR count). The zero-order valence-corrected chi connectivity index (χ0v) is 6.12. The maximum atomic E-state index is 9.36. The zero-order valence-electron chi connectivity index (χ0n) is 6.12. The van der Waals surface area contributed by atoms with E-state index in [-0.39, 0.29) is 12.2 Å². The smallest absolute Gasteiger partial charge is 0.180 e. The van der Waals surface area contributed by atoms with E-state index in [4.69, 9.17) is 9.47 Å². The van der Waals surface area contributed by atoms with Gasteiger partial charge in [0.2, 0.25) is 0 Å². The van der Waals surface area contributed by atoms with Crippen molar-refractivity contribution in [2.24, 2.45) is 0 Å². The van der Waals surface area contributed by atoms with E-state index in [1.807, 2.05) is 0 Å². The van der Waals surface area contributed by atoms with Crippen molar-refractivity contribution in [3.05, 3.63) is 11.1 Å². The lowest BCUT2D eigenvalue weighted by molar-refractivity contribution is -0.0658. The Morgan fingerprint density at radius 2 is 2.09 bits per heavy atom. The Kier molecular flexibility index (Phi) is 1.04. The van der Waals surface area contributed by atoms with Crippen molar-refractivity contribution in [2.75, 3.05) is 6.61 Å². The zero-order chi connectivity index (χ0) is 7.42. The van der Waals surface area contributed by atoms with Crippen LogP contribution in [-0.4, -0.2) is 30.2 Å². The fraction of sp³-hybridized carbons (Fsp3) is 0.750. The molecule has 0 aromatic carbocycles. The van der Waals surface area contributed by atoms with Crippen molar-refractivity contribution < 1.29 is 14.6 Å². The van der Waals surface area contributed by atoms with E-state index in [0.717, 1.165) is 18.4 Å². The van der Waals surface area contributed by atoms with Crippen LogP contribution in [-0.2, 0) is 9.47 Å². The summed E-state index contributed by atoms with van der Waals surface area (Å²) in [5.74, 6) is 0. The average Bonchev–Trinajstić information content (AvgIpc) is 2.60. The van der Waals surface area contributed by atoms with Crippen LogP contribution in [0.4, 0.5) is 0 Å². The van der Waals surface area contributed by atoms with E-state index in [9.17, 15) is 5.11 Å². The lowest BCUT2D eigenvalue weighted by atomic mass is 9.93. The Morgan fingerprint density at radius 3 is 2.91 bits per heavy atom. The Bertz CT molecular complexity index is 233. The van der Waals surface area contributed by atoms with Crippen molar-refractivity contribution in [3.8, 4) is 0 Å². The van der Waals surface area contributed by atoms with Gasteiger partial charge in [0.05, 0.1) is 18.8 Å². The highest BCUT2D eigenvalue weighted by Gasteiger charge is 2.46. The van der Waals surface area contributed by atoms with Crippen molar-refractivity contribution in [2.45, 2.75) is 31.3 Å². The Balaban J connectivity index is 2.05. The molecular weight excluding hydrogens is 144 g/mol. The third-order valence-corrected chi connectivity index (χ3v) is 2.79. The van der Waals surface area contributed by atoms with Gasteiger partial charge in [-0.1, -0.05) is 0 Å². The number of rotatable bonds is 0. The molecule has 3 aliphatic rings. The van der Waals surface area contributed by atoms with E-state index in [1.54, 1.807) is 0 Å². The molecule has 0 aliphatic carbocycles. The summed E-state index contributed by atoms with van der Waals surface area (Å²) in [4.78, 5) is 0. The fourth-order valence-electron chi connectivity index (χ4n) is 2.27. The molecule has 1 saturated heterocycles. The van der Waals surface area contributed by atoms with Crippen molar-refractivity contribution >= 4 is 0 Å². The second-order valence-electron chi connectivity index (χ2n) is 3.33. The fourth-order valence-corrected chi connectivity index (χ4v) is 2.27. The summed E-state index contributed by atoms with van der Waals surface area (Å²) in [6.07, 6.45) is 1.95. The van der Waals surface area contributed by atoms with Gasteiger partial charge in [-0.15, -0.1) is 0 Å². The third-order valence-electron chi connectivity index (χ3n) is 2.79. The highest BCUT2D eigenvalue weighted by atomic mass is 16.6. The van der Waals surface area contributed by atoms with E-state index < -0.39 is 6.29 Å². The first-order valence-corrected chi connectivity index (χ1v) is 4.04. The molecule has 0 radical (unpaired) electrons. The van der Waals surface area contributed by atoms with Crippen LogP contribution in [0.15, 0.2) is 11.1 Å². The summed E-state index contributed by atoms with van der Waals surface area (Å²) >= 11 is 0. The van der Waals surface area contributed by atoms with Gasteiger partial charge in [-0.2, -0.15) is 0 Å². The summed E-state index contributed by atoms with van der Waals surface area (Å²) < 4.78 is 10.7. The predicted molar refractivity (Wildman–Crippen MR) is 36.9 cm³/mol. The molecule has 0 aromatic rings. The SMILES string of the molecule is OC1OCC2=C1C1CCC2O1. The van der Waals surface area contributed by atoms with Gasteiger partial charge < -0.3 is 14.6 Å². The first-order chi connectivity index (χ1) is 5.36. The minimum absolute atomic E-state index is 0.174. The summed E-state index contributed by atoms with van der Waals surface area (Å²) in [6.45, 7) is 0.581. The molecule has 0 saturated carbocycles. The molecule has 3 aliphatic heterocycles. The lowest BCUT2D eigenvalue weighted by Gasteiger charge is -2.11. The number of hydrogen-bond acceptors (Lipinski definition) is 3. The standard InChI is InChI=1S/C8H10O3/c9-8-7-4(3-10-8)5-1-2-6(7)11-5/h5-6,8-9H,1-3H2. The maximum Gasteiger partial charge on any atom is 0.180 e. The van der Waals surface area contributed by atoms with Gasteiger partial charge >= 0.3 is 0 Å². The second-order valence-corrected chi connectivity index (χ2v) is 3.33. The molecule has 3 heteroatoms. The Morgan fingerprint density at radius 1 is 1.27 bits per heavy atom. The Hall–Kier alpha value is -0.380. The van der Waals surface area contributed by atoms with E-state index >= 15 is 0 Å². The quantitative estimate of drug-likeness (QED) is 0.506. The predicted octanol–water partition coefficient (Wildman–Crippen LogP) is 0.193. The summed E-state index contributed by atoms with van der Waals surface area (Å²) in [5.41, 5.74) is 2.25. The first kappa shape index (κ1) is 6.17. The van der Waals surface area contributed by atoms with Crippen LogP contribution in [0.2, 0.25) is 0 Å². The second kappa shape index (κ2) is 1.86. The molecule has 0 aromatic heterocycles. The Labute approximate surface area is 64.6 Å². The highest BCUT2D eigenvalue weighted by Crippen LogP contribution is 2.43. The number of fused-ring (bicyclic) bond motifs is 4. The van der Waals surface area contributed by atoms with Crippen LogP contribution < -0.4 is 0 Å². The summed E-state index contributed by atoms with van der Waals surface area (Å²) in [7, 11) is 0. The van der Waals surface area contributed by atoms with Crippen molar-refractivity contribution in [3.63, 3.8) is 0 Å². The lowest BCUT2D eigenvalue weighted by Crippen LogP contribution is -2.18. The van der Waals surface area contributed by atoms with E-state index in [1.165, 1.54) is 5.57 Å². The van der Waals surface area contributed by atoms with Crippen molar-refractivity contribution in [1.29, 1.82) is 0 Å². The summed E-state index contributed by atoms with van der Waals surface area (Å²) in [6, 6.07) is 0. The van der Waals surface area contributed by atoms with Gasteiger partial charge in [-0.3, -0.25) is 0 Å². The molecule has 3 atom stereocenters. The van der Waals surface area contributed by atoms with Gasteiger partial charge in [-0.05, 0) is 18.4 Å². The largest absolute Gasteiger partial charge is 0.366 e. The number of ether oxygens (including phenoxy) is 2. The minimum Gasteiger partial charge on any atom is -0.366 e. The molecule has 2 bridgehead atoms. The van der Waals surface area contributed by atoms with E-state index in [2.05, 4.69) is 0 Å². The molecule has 1 N–H and O–H groups in total. The number of aliphatic hydroxyl groups is 1. The van der Waals surface area contributed by atoms with Crippen LogP contribution in [0.3, 0.4) is 0 Å². The van der Waals surface area contributed by atoms with Crippen LogP contribution in [0.25, 0.3) is 0 Å². The molecule has 11 heavy (non-hydrogen) atoms. The van der Waals surface area contributed by atoms with E-state index in [0.29, 0.717) is 6.61 Å². The van der Waals surface area contributed by atoms with Gasteiger partial charge in [-0.25, -0.2) is 0 Å². The number of hydrogen-bond donors (Lipinski definition) is 1. The van der Waals surface area contributed by atoms with Crippen LogP contribution >= 0.6 is 0 Å². The molecule has 0 amide bonds. The van der Waals surface area contributed by atoms with Gasteiger partial charge in [0.25, 0.3) is 0 Å². The molecule has 1 fully saturated rings. The molecule has 3 nitrogen and oxygen atoms in total. The normalized spacial score (nSPS) is 47.2. The topological polar surface area (TPSA) is 38.7 Å². The van der Waals surface area contributed by atoms with Gasteiger partial charge in [0.1, 0.15) is 0 Å². The molecule has 3 heterocycles. The van der Waals surface area contributed by atoms with Crippen LogP contribution in [0.5, 0.6) is 0 Å².